The van der Waals surface area contributed by atoms with Gasteiger partial charge < -0.3 is 88.1 Å². The molecule has 2 aromatic rings. The van der Waals surface area contributed by atoms with E-state index >= 15 is 0 Å². The van der Waals surface area contributed by atoms with E-state index in [2.05, 4.69) is 46.9 Å². The Bertz CT molecular complexity index is 2290. The van der Waals surface area contributed by atoms with E-state index in [9.17, 15) is 70.2 Å². The first kappa shape index (κ1) is 51.7. The van der Waals surface area contributed by atoms with Gasteiger partial charge in [0.25, 0.3) is 0 Å². The van der Waals surface area contributed by atoms with Crippen molar-refractivity contribution >= 4 is 47.3 Å². The highest BCUT2D eigenvalue weighted by atomic mass is 16.6. The van der Waals surface area contributed by atoms with E-state index < -0.39 is 146 Å². The van der Waals surface area contributed by atoms with Crippen molar-refractivity contribution in [1.29, 1.82) is 0 Å². The molecule has 0 aromatic heterocycles. The Balaban J connectivity index is 1.44. The molecule has 19 N–H and O–H groups in total. The molecule has 376 valence electrons. The average Bonchev–Trinajstić information content (AvgIpc) is 3.96. The van der Waals surface area contributed by atoms with Crippen LogP contribution >= 0.6 is 0 Å². The lowest BCUT2D eigenvalue weighted by Gasteiger charge is -2.41. The maximum Gasteiger partial charge on any atom is 0.346 e. The molecular formula is C42H58N12O15. The normalized spacial score (nSPS) is 32.3. The highest BCUT2D eigenvalue weighted by Crippen LogP contribution is 2.26. The summed E-state index contributed by atoms with van der Waals surface area (Å²) in [7, 11) is 0. The van der Waals surface area contributed by atoms with Gasteiger partial charge in [-0.1, -0.05) is 49.4 Å². The summed E-state index contributed by atoms with van der Waals surface area (Å²) in [5.41, 5.74) is 13.0. The molecule has 1 fully saturated rings. The Hall–Kier alpha value is -6.72. The summed E-state index contributed by atoms with van der Waals surface area (Å²) < 4.78 is 6.66. The highest BCUT2D eigenvalue weighted by molar-refractivity contribution is 5.97. The summed E-state index contributed by atoms with van der Waals surface area (Å²) in [6, 6.07) is 1.99. The Labute approximate surface area is 393 Å². The van der Waals surface area contributed by atoms with E-state index in [1.54, 1.807) is 37.3 Å². The number of aliphatic hydroxyl groups excluding tert-OH is 8. The van der Waals surface area contributed by atoms with Crippen molar-refractivity contribution in [2.45, 2.75) is 104 Å². The molecule has 0 spiro atoms. The fourth-order valence-electron chi connectivity index (χ4n) is 8.31. The van der Waals surface area contributed by atoms with Crippen LogP contribution in [-0.4, -0.2) is 216 Å². The monoisotopic (exact) mass is 970 g/mol. The zero-order valence-corrected chi connectivity index (χ0v) is 37.0. The number of hydrogen-bond acceptors (Lipinski definition) is 21. The van der Waals surface area contributed by atoms with Gasteiger partial charge in [-0.25, -0.2) is 9.57 Å². The Morgan fingerprint density at radius 3 is 2.06 bits per heavy atom. The van der Waals surface area contributed by atoms with Gasteiger partial charge in [0.1, 0.15) is 85.2 Å². The number of phenols is 1. The summed E-state index contributed by atoms with van der Waals surface area (Å²) >= 11 is 0. The van der Waals surface area contributed by atoms with Gasteiger partial charge in [-0.05, 0) is 29.2 Å². The van der Waals surface area contributed by atoms with Crippen molar-refractivity contribution in [2.24, 2.45) is 26.4 Å². The number of ether oxygens (including phenoxy) is 1. The third-order valence-electron chi connectivity index (χ3n) is 12.3. The Morgan fingerprint density at radius 2 is 1.42 bits per heavy atom. The number of phenolic OH excluding ortho intramolecular Hbond substituents is 1. The Kier molecular flexibility index (Phi) is 16.9. The molecule has 15 atom stereocenters. The molecule has 0 aliphatic carbocycles. The van der Waals surface area contributed by atoms with Gasteiger partial charge in [0.05, 0.1) is 32.3 Å². The topological polar surface area (TPSA) is 447 Å². The van der Waals surface area contributed by atoms with Crippen LogP contribution in [0.4, 0.5) is 0 Å². The fourth-order valence-corrected chi connectivity index (χ4v) is 8.31. The first-order chi connectivity index (χ1) is 32.8. The number of carbonyl (C=O) groups excluding carboxylic acids is 4. The second-order valence-corrected chi connectivity index (χ2v) is 16.9. The van der Waals surface area contributed by atoms with E-state index in [0.29, 0.717) is 11.1 Å². The van der Waals surface area contributed by atoms with Crippen LogP contribution in [0.2, 0.25) is 0 Å². The van der Waals surface area contributed by atoms with E-state index in [4.69, 9.17) is 16.2 Å². The van der Waals surface area contributed by atoms with Crippen LogP contribution in [0.15, 0.2) is 69.6 Å². The quantitative estimate of drug-likeness (QED) is 0.0930. The molecule has 69 heavy (non-hydrogen) atoms. The van der Waals surface area contributed by atoms with Gasteiger partial charge in [0.15, 0.2) is 5.96 Å². The standard InChI is InChI=1S/C42H58N12O15/c1-17(19-5-3-2-4-6-19)27-37(66)48-21(11-18-7-9-20(57)10-8-18)36(65)52-28(30(59)22-12-46-41(43)50-22)39(68)53-29(38(67)49-23(15-55)35(64)45-14-26(58)51-27)31(60)24-13-47-42(44)54(24)40-34(63)33(62)32(61)25(16-56)69-40/h2-10,17,21-25,27-34,40,55-56,59-63H,11-16H2,1H3,(H12,43,44,45,46,47,48,49,50,51,52,53,57,58,64,65,66,67,68)/t17-,21+,22-,23-,24-,25+,27-,28-,29+,30+,31+,32+,33-,34-,40-/m0/s1. The Morgan fingerprint density at radius 1 is 0.783 bits per heavy atom. The van der Waals surface area contributed by atoms with E-state index in [1.165, 1.54) is 24.3 Å². The molecule has 0 unspecified atom stereocenters. The molecular weight excluding hydrogens is 913 g/mol. The first-order valence-electron chi connectivity index (χ1n) is 21.8. The molecule has 4 amide bonds. The lowest BCUT2D eigenvalue weighted by molar-refractivity contribution is -0.663. The number of guanidine groups is 2. The zero-order chi connectivity index (χ0) is 50.3. The summed E-state index contributed by atoms with van der Waals surface area (Å²) in [5, 5.41) is 126. The van der Waals surface area contributed by atoms with Crippen molar-refractivity contribution < 1.29 is 79.6 Å². The van der Waals surface area contributed by atoms with Gasteiger partial charge in [0.2, 0.25) is 35.8 Å². The van der Waals surface area contributed by atoms with Gasteiger partial charge in [0, 0.05) is 12.3 Å². The molecule has 6 rings (SSSR count). The molecule has 0 radical (unpaired) electrons. The smallest absolute Gasteiger partial charge is 0.346 e. The summed E-state index contributed by atoms with van der Waals surface area (Å²) in [5.74, 6) is -8.26. The maximum absolute atomic E-state index is 14.7. The number of hydrogen-bond donors (Lipinski definition) is 17. The number of carbonyl (C=O) groups is 4. The number of amides is 4. The van der Waals surface area contributed by atoms with Gasteiger partial charge in [-0.15, -0.1) is 0 Å². The first-order valence-corrected chi connectivity index (χ1v) is 21.8. The second kappa shape index (κ2) is 22.6. The van der Waals surface area contributed by atoms with Crippen molar-refractivity contribution in [1.82, 2.24) is 31.9 Å². The van der Waals surface area contributed by atoms with Crippen LogP contribution in [0.5, 0.6) is 5.75 Å². The van der Waals surface area contributed by atoms with E-state index in [1.807, 2.05) is 0 Å². The van der Waals surface area contributed by atoms with Crippen molar-refractivity contribution in [3.8, 4) is 5.75 Å². The van der Waals surface area contributed by atoms with Crippen molar-refractivity contribution in [3.63, 3.8) is 0 Å². The lowest BCUT2D eigenvalue weighted by Crippen LogP contribution is -2.68. The number of nitrogens with one attached hydrogen (secondary N) is 6. The largest absolute Gasteiger partial charge is 0.861 e. The number of benzene rings is 2. The maximum atomic E-state index is 14.7. The minimum absolute atomic E-state index is 0.124. The second-order valence-electron chi connectivity index (χ2n) is 16.9. The van der Waals surface area contributed by atoms with E-state index in [0.717, 1.165) is 4.58 Å². The molecule has 27 nitrogen and oxygen atoms in total. The summed E-state index contributed by atoms with van der Waals surface area (Å²) in [6.45, 7) is -1.86. The molecule has 4 aliphatic heterocycles. The number of aliphatic imine (C=N–C) groups is 3. The lowest BCUT2D eigenvalue weighted by atomic mass is 9.92. The molecule has 1 saturated heterocycles. The zero-order valence-electron chi connectivity index (χ0n) is 37.0. The highest BCUT2D eigenvalue weighted by Gasteiger charge is 2.53. The number of nitrogens with zero attached hydrogens (tertiary/aromatic N) is 4. The molecule has 0 bridgehead atoms. The SMILES string of the molecule is C[C@@H](c1ccccc1)[C@@H]1N=C([O-])CN=C(O)[C@H](CO)NC(=O)[C@@H]([C@H](O)[C@@H]2CNC(N)=[N+]2[C@H]2O[C@H](CO)[C@@H](O)[C@H](O)[C@@H]2O)NC(=O)[C@H]([C@H](O)[C@@H]2CN=C(N)N2)NC(=O)[C@@H](Cc2ccc(O)cc2)NC1=O. The number of aromatic hydroxyl groups is 1. The van der Waals surface area contributed by atoms with Crippen LogP contribution in [0, 0.1) is 0 Å². The number of rotatable bonds is 11. The van der Waals surface area contributed by atoms with Gasteiger partial charge in [-0.2, -0.15) is 0 Å². The van der Waals surface area contributed by atoms with Crippen LogP contribution in [-0.2, 0) is 30.3 Å². The van der Waals surface area contributed by atoms with Crippen LogP contribution in [0.1, 0.15) is 24.0 Å². The molecule has 2 aromatic carbocycles. The molecule has 27 heteroatoms. The fraction of sp³-hybridized carbons (Fsp3) is 0.524. The molecule has 4 heterocycles. The van der Waals surface area contributed by atoms with Crippen molar-refractivity contribution in [3.05, 3.63) is 65.7 Å². The molecule has 4 aliphatic rings. The van der Waals surface area contributed by atoms with Crippen LogP contribution in [0.25, 0.3) is 0 Å². The van der Waals surface area contributed by atoms with Gasteiger partial charge >= 0.3 is 5.96 Å². The number of nitrogens with two attached hydrogens (primary N) is 2. The van der Waals surface area contributed by atoms with Gasteiger partial charge in [-0.3, -0.25) is 40.2 Å². The van der Waals surface area contributed by atoms with Crippen LogP contribution in [0.3, 0.4) is 0 Å². The van der Waals surface area contributed by atoms with E-state index in [-0.39, 0.29) is 37.2 Å². The minimum Gasteiger partial charge on any atom is -0.861 e. The van der Waals surface area contributed by atoms with Crippen LogP contribution < -0.4 is 48.5 Å². The third-order valence-corrected chi connectivity index (χ3v) is 12.3. The minimum atomic E-state index is -2.22. The average molecular weight is 971 g/mol. The van der Waals surface area contributed by atoms with Crippen molar-refractivity contribution in [2.75, 3.05) is 32.8 Å². The predicted octanol–water partition coefficient (Wildman–Crippen LogP) is -9.13. The molecule has 0 saturated carbocycles. The third kappa shape index (κ3) is 11.9. The number of aliphatic hydroxyl groups is 8. The summed E-state index contributed by atoms with van der Waals surface area (Å²) in [4.78, 5) is 69.9. The summed E-state index contributed by atoms with van der Waals surface area (Å²) in [6.07, 6.45) is -13.3. The predicted molar refractivity (Wildman–Crippen MR) is 238 cm³/mol.